The maximum atomic E-state index is 9.10. The number of fused-ring (bicyclic) bond motifs is 1. The zero-order chi connectivity index (χ0) is 7.68. The minimum atomic E-state index is 0. The number of pyridine rings is 1. The predicted octanol–water partition coefficient (Wildman–Crippen LogP) is 1.56. The first-order chi connectivity index (χ1) is 5.36. The molecule has 2 nitrogen and oxygen atoms in total. The lowest BCUT2D eigenvalue weighted by molar-refractivity contribution is 0.476. The molecule has 12 heavy (non-hydrogen) atoms. The Kier molecular flexibility index (Phi) is 2.70. The van der Waals surface area contributed by atoms with Crippen LogP contribution in [0.2, 0.25) is 0 Å². The second kappa shape index (κ2) is 3.57. The summed E-state index contributed by atoms with van der Waals surface area (Å²) in [7, 11) is 0. The summed E-state index contributed by atoms with van der Waals surface area (Å²) in [6, 6.07) is 8.90. The molecule has 3 radical (unpaired) electrons. The smallest absolute Gasteiger partial charge is 0.116 e. The molecule has 1 heterocycles. The van der Waals surface area contributed by atoms with E-state index < -0.39 is 0 Å². The molecule has 0 amide bonds. The van der Waals surface area contributed by atoms with E-state index in [1.807, 2.05) is 12.1 Å². The molecule has 0 aliphatic rings. The zero-order valence-corrected chi connectivity index (χ0v) is 7.59. The molecule has 0 fully saturated rings. The van der Waals surface area contributed by atoms with E-state index >= 15 is 0 Å². The number of benzene rings is 1. The molecule has 0 atom stereocenters. The predicted molar refractivity (Wildman–Crippen MR) is 49.2 cm³/mol. The fourth-order valence-corrected chi connectivity index (χ4v) is 1.06. The van der Waals surface area contributed by atoms with Crippen LogP contribution in [0.1, 0.15) is 0 Å². The molecule has 3 heteroatoms. The van der Waals surface area contributed by atoms with Gasteiger partial charge in [-0.05, 0) is 24.3 Å². The molecule has 0 unspecified atom stereocenters. The number of phenols is 1. The normalized spacial score (nSPS) is 9.33. The minimum absolute atomic E-state index is 0. The molecule has 0 bridgehead atoms. The van der Waals surface area contributed by atoms with Crippen LogP contribution in [-0.4, -0.2) is 27.5 Å². The van der Waals surface area contributed by atoms with Crippen molar-refractivity contribution in [3.8, 4) is 5.75 Å². The number of nitrogens with zero attached hydrogens (tertiary/aromatic N) is 1. The summed E-state index contributed by atoms with van der Waals surface area (Å²) >= 11 is 0. The van der Waals surface area contributed by atoms with E-state index in [0.29, 0.717) is 0 Å². The first kappa shape index (κ1) is 9.05. The highest BCUT2D eigenvalue weighted by molar-refractivity contribution is 5.79. The Morgan fingerprint density at radius 2 is 2.00 bits per heavy atom. The van der Waals surface area contributed by atoms with Crippen LogP contribution in [0.5, 0.6) is 5.75 Å². The van der Waals surface area contributed by atoms with Gasteiger partial charge < -0.3 is 5.11 Å². The molecule has 0 saturated heterocycles. The number of hydrogen-bond acceptors (Lipinski definition) is 2. The van der Waals surface area contributed by atoms with Gasteiger partial charge in [0.2, 0.25) is 0 Å². The fourth-order valence-electron chi connectivity index (χ4n) is 1.06. The molecule has 57 valence electrons. The van der Waals surface area contributed by atoms with Crippen LogP contribution in [0.25, 0.3) is 10.9 Å². The van der Waals surface area contributed by atoms with E-state index in [1.54, 1.807) is 24.4 Å². The molecule has 0 spiro atoms. The number of aromatic nitrogens is 1. The van der Waals surface area contributed by atoms with Gasteiger partial charge in [-0.1, -0.05) is 6.07 Å². The SMILES string of the molecule is Oc1ccc2ncccc2c1.[Al]. The lowest BCUT2D eigenvalue weighted by Crippen LogP contribution is -1.75. The molecular weight excluding hydrogens is 165 g/mol. The van der Waals surface area contributed by atoms with Crippen LogP contribution in [0.4, 0.5) is 0 Å². The molecular formula is C9H7AlNO. The Morgan fingerprint density at radius 3 is 2.83 bits per heavy atom. The summed E-state index contributed by atoms with van der Waals surface area (Å²) in [5, 5.41) is 10.1. The highest BCUT2D eigenvalue weighted by Gasteiger charge is 1.92. The zero-order valence-electron chi connectivity index (χ0n) is 6.44. The van der Waals surface area contributed by atoms with E-state index in [0.717, 1.165) is 10.9 Å². The van der Waals surface area contributed by atoms with Gasteiger partial charge in [0.1, 0.15) is 5.75 Å². The van der Waals surface area contributed by atoms with Gasteiger partial charge in [-0.2, -0.15) is 0 Å². The Labute approximate surface area is 81.0 Å². The van der Waals surface area contributed by atoms with Gasteiger partial charge in [0.05, 0.1) is 5.52 Å². The third-order valence-electron chi connectivity index (χ3n) is 1.59. The first-order valence-electron chi connectivity index (χ1n) is 3.40. The fraction of sp³-hybridized carbons (Fsp3) is 0. The van der Waals surface area contributed by atoms with Gasteiger partial charge in [0, 0.05) is 28.9 Å². The van der Waals surface area contributed by atoms with Crippen molar-refractivity contribution >= 4 is 28.3 Å². The number of aromatic hydroxyl groups is 1. The summed E-state index contributed by atoms with van der Waals surface area (Å²) < 4.78 is 0. The lowest BCUT2D eigenvalue weighted by Gasteiger charge is -1.95. The van der Waals surface area contributed by atoms with E-state index in [-0.39, 0.29) is 23.1 Å². The highest BCUT2D eigenvalue weighted by atomic mass is 27.0. The highest BCUT2D eigenvalue weighted by Crippen LogP contribution is 2.16. The summed E-state index contributed by atoms with van der Waals surface area (Å²) in [6.07, 6.45) is 1.74. The van der Waals surface area contributed by atoms with E-state index in [4.69, 9.17) is 5.11 Å². The number of phenolic OH excluding ortho intramolecular Hbond substituents is 1. The van der Waals surface area contributed by atoms with Crippen molar-refractivity contribution in [2.75, 3.05) is 0 Å². The Morgan fingerprint density at radius 1 is 1.17 bits per heavy atom. The molecule has 1 aromatic heterocycles. The summed E-state index contributed by atoms with van der Waals surface area (Å²) in [6.45, 7) is 0. The third-order valence-corrected chi connectivity index (χ3v) is 1.59. The Balaban J connectivity index is 0.000000720. The van der Waals surface area contributed by atoms with Crippen LogP contribution in [0.3, 0.4) is 0 Å². The molecule has 0 aliphatic heterocycles. The summed E-state index contributed by atoms with van der Waals surface area (Å²) in [5.41, 5.74) is 0.908. The molecule has 0 aliphatic carbocycles. The molecule has 2 aromatic rings. The number of hydrogen-bond donors (Lipinski definition) is 1. The quantitative estimate of drug-likeness (QED) is 0.611. The topological polar surface area (TPSA) is 33.1 Å². The summed E-state index contributed by atoms with van der Waals surface area (Å²) in [4.78, 5) is 4.11. The van der Waals surface area contributed by atoms with Gasteiger partial charge in [0.15, 0.2) is 0 Å². The minimum Gasteiger partial charge on any atom is -0.508 e. The lowest BCUT2D eigenvalue weighted by atomic mass is 10.2. The van der Waals surface area contributed by atoms with Gasteiger partial charge in [-0.3, -0.25) is 4.98 Å². The largest absolute Gasteiger partial charge is 0.508 e. The van der Waals surface area contributed by atoms with E-state index in [9.17, 15) is 0 Å². The van der Waals surface area contributed by atoms with Crippen molar-refractivity contribution in [3.05, 3.63) is 36.5 Å². The summed E-state index contributed by atoms with van der Waals surface area (Å²) in [5.74, 6) is 0.283. The maximum absolute atomic E-state index is 9.10. The van der Waals surface area contributed by atoms with Crippen molar-refractivity contribution in [2.45, 2.75) is 0 Å². The van der Waals surface area contributed by atoms with Gasteiger partial charge >= 0.3 is 0 Å². The second-order valence-electron chi connectivity index (χ2n) is 2.38. The van der Waals surface area contributed by atoms with Gasteiger partial charge in [-0.15, -0.1) is 0 Å². The van der Waals surface area contributed by atoms with Crippen molar-refractivity contribution in [2.24, 2.45) is 0 Å². The van der Waals surface area contributed by atoms with Gasteiger partial charge in [0.25, 0.3) is 0 Å². The average Bonchev–Trinajstić information content (AvgIpc) is 2.04. The first-order valence-corrected chi connectivity index (χ1v) is 3.40. The van der Waals surface area contributed by atoms with E-state index in [2.05, 4.69) is 4.98 Å². The van der Waals surface area contributed by atoms with Crippen molar-refractivity contribution in [1.82, 2.24) is 4.98 Å². The van der Waals surface area contributed by atoms with Crippen LogP contribution in [0.15, 0.2) is 36.5 Å². The maximum Gasteiger partial charge on any atom is 0.116 e. The Bertz CT molecular complexity index is 389. The van der Waals surface area contributed by atoms with E-state index in [1.165, 1.54) is 0 Å². The van der Waals surface area contributed by atoms with Crippen molar-refractivity contribution in [3.63, 3.8) is 0 Å². The standard InChI is InChI=1S/C9H7NO.Al/c11-8-3-4-9-7(6-8)2-1-5-10-9;/h1-6,11H;. The van der Waals surface area contributed by atoms with Gasteiger partial charge in [-0.25, -0.2) is 0 Å². The molecule has 0 saturated carbocycles. The Hall–Kier alpha value is -1.04. The van der Waals surface area contributed by atoms with Crippen LogP contribution in [-0.2, 0) is 0 Å². The van der Waals surface area contributed by atoms with Crippen LogP contribution < -0.4 is 0 Å². The molecule has 2 rings (SSSR count). The van der Waals surface area contributed by atoms with Crippen molar-refractivity contribution < 1.29 is 5.11 Å². The molecule has 1 N–H and O–H groups in total. The molecule has 1 aromatic carbocycles. The van der Waals surface area contributed by atoms with Crippen molar-refractivity contribution in [1.29, 1.82) is 0 Å². The van der Waals surface area contributed by atoms with Crippen LogP contribution >= 0.6 is 0 Å². The second-order valence-corrected chi connectivity index (χ2v) is 2.38. The average molecular weight is 172 g/mol. The number of rotatable bonds is 0. The monoisotopic (exact) mass is 172 g/mol. The van der Waals surface area contributed by atoms with Crippen LogP contribution in [0, 0.1) is 0 Å². The third kappa shape index (κ3) is 1.58.